The maximum Gasteiger partial charge on any atom is 0.258 e. The van der Waals surface area contributed by atoms with Crippen LogP contribution in [-0.2, 0) is 16.0 Å². The fourth-order valence-electron chi connectivity index (χ4n) is 2.38. The number of nitrogens with one attached hydrogen (secondary N) is 1. The number of nitriles is 1. The smallest absolute Gasteiger partial charge is 0.258 e. The summed E-state index contributed by atoms with van der Waals surface area (Å²) in [6.45, 7) is 1.18. The van der Waals surface area contributed by atoms with E-state index >= 15 is 0 Å². The number of benzene rings is 2. The summed E-state index contributed by atoms with van der Waals surface area (Å²) in [4.78, 5) is 24.0. The monoisotopic (exact) mass is 352 g/mol. The van der Waals surface area contributed by atoms with E-state index in [2.05, 4.69) is 5.32 Å². The van der Waals surface area contributed by atoms with E-state index < -0.39 is 11.9 Å². The third-order valence-electron chi connectivity index (χ3n) is 3.76. The van der Waals surface area contributed by atoms with Crippen LogP contribution in [0.2, 0.25) is 0 Å². The number of rotatable bonds is 8. The molecule has 1 atom stereocenters. The summed E-state index contributed by atoms with van der Waals surface area (Å²) in [6, 6.07) is 15.5. The summed E-state index contributed by atoms with van der Waals surface area (Å²) in [6.07, 6.45) is 0.419. The largest absolute Gasteiger partial charge is 0.493 e. The van der Waals surface area contributed by atoms with Crippen LogP contribution < -0.4 is 14.8 Å². The van der Waals surface area contributed by atoms with Gasteiger partial charge in [0.1, 0.15) is 0 Å². The van der Waals surface area contributed by atoms with Crippen molar-refractivity contribution in [1.82, 2.24) is 5.32 Å². The zero-order valence-corrected chi connectivity index (χ0v) is 14.7. The van der Waals surface area contributed by atoms with Crippen LogP contribution in [0.1, 0.15) is 18.1 Å². The number of nitrogens with zero attached hydrogens (tertiary/aromatic N) is 1. The average Bonchev–Trinajstić information content (AvgIpc) is 2.66. The first kappa shape index (κ1) is 19.0. The Balaban J connectivity index is 1.96. The molecule has 0 saturated heterocycles. The van der Waals surface area contributed by atoms with Crippen LogP contribution in [-0.4, -0.2) is 31.4 Å². The van der Waals surface area contributed by atoms with Gasteiger partial charge in [-0.1, -0.05) is 30.3 Å². The van der Waals surface area contributed by atoms with E-state index in [0.717, 1.165) is 5.56 Å². The second-order valence-electron chi connectivity index (χ2n) is 5.69. The van der Waals surface area contributed by atoms with Crippen LogP contribution >= 0.6 is 0 Å². The third kappa shape index (κ3) is 5.35. The van der Waals surface area contributed by atoms with Gasteiger partial charge in [-0.2, -0.15) is 5.26 Å². The molecular weight excluding hydrogens is 332 g/mol. The molecule has 2 rings (SSSR count). The third-order valence-corrected chi connectivity index (χ3v) is 3.76. The van der Waals surface area contributed by atoms with Crippen molar-refractivity contribution in [3.05, 3.63) is 59.7 Å². The summed E-state index contributed by atoms with van der Waals surface area (Å²) in [5.74, 6) is 0.180. The summed E-state index contributed by atoms with van der Waals surface area (Å²) in [5.41, 5.74) is 1.39. The van der Waals surface area contributed by atoms with E-state index in [1.54, 1.807) is 12.1 Å². The van der Waals surface area contributed by atoms with Crippen molar-refractivity contribution in [2.75, 3.05) is 13.7 Å². The fraction of sp³-hybridized carbons (Fsp3) is 0.250. The molecule has 2 aromatic carbocycles. The maximum atomic E-state index is 12.2. The zero-order chi connectivity index (χ0) is 18.9. The number of ether oxygens (including phenoxy) is 2. The molecule has 0 unspecified atom stereocenters. The van der Waals surface area contributed by atoms with Crippen molar-refractivity contribution < 1.29 is 19.1 Å². The highest BCUT2D eigenvalue weighted by atomic mass is 16.5. The molecule has 0 aromatic heterocycles. The van der Waals surface area contributed by atoms with Crippen LogP contribution in [0.25, 0.3) is 0 Å². The molecule has 0 saturated carbocycles. The van der Waals surface area contributed by atoms with E-state index in [9.17, 15) is 9.59 Å². The van der Waals surface area contributed by atoms with Gasteiger partial charge < -0.3 is 14.8 Å². The molecule has 1 N–H and O–H groups in total. The van der Waals surface area contributed by atoms with Crippen molar-refractivity contribution in [3.63, 3.8) is 0 Å². The molecule has 0 bridgehead atoms. The molecule has 0 radical (unpaired) electrons. The van der Waals surface area contributed by atoms with Gasteiger partial charge in [-0.3, -0.25) is 9.59 Å². The van der Waals surface area contributed by atoms with Crippen molar-refractivity contribution in [3.8, 4) is 17.6 Å². The number of methoxy groups -OCH3 is 1. The molecule has 0 aliphatic heterocycles. The van der Waals surface area contributed by atoms with Crippen molar-refractivity contribution in [2.24, 2.45) is 0 Å². The van der Waals surface area contributed by atoms with Gasteiger partial charge in [0.05, 0.1) is 24.8 Å². The first-order valence-electron chi connectivity index (χ1n) is 8.08. The Morgan fingerprint density at radius 1 is 1.15 bits per heavy atom. The van der Waals surface area contributed by atoms with Crippen LogP contribution in [0.15, 0.2) is 48.5 Å². The normalized spacial score (nSPS) is 11.1. The minimum absolute atomic E-state index is 0.127. The first-order valence-corrected chi connectivity index (χ1v) is 8.08. The summed E-state index contributed by atoms with van der Waals surface area (Å²) < 4.78 is 10.6. The van der Waals surface area contributed by atoms with E-state index in [1.807, 2.05) is 36.4 Å². The molecule has 134 valence electrons. The minimum Gasteiger partial charge on any atom is -0.493 e. The highest BCUT2D eigenvalue weighted by Crippen LogP contribution is 2.27. The van der Waals surface area contributed by atoms with Gasteiger partial charge in [-0.05, 0) is 31.0 Å². The number of Topliss-reactive ketones (excluding diaryl/α,β-unsaturated/α-hetero) is 1. The molecule has 6 nitrogen and oxygen atoms in total. The number of amides is 1. The van der Waals surface area contributed by atoms with Crippen LogP contribution in [0.3, 0.4) is 0 Å². The molecule has 6 heteroatoms. The Morgan fingerprint density at radius 3 is 2.50 bits per heavy atom. The highest BCUT2D eigenvalue weighted by Gasteiger charge is 2.18. The number of hydrogen-bond donors (Lipinski definition) is 1. The molecule has 0 spiro atoms. The number of carbonyl (C=O) groups excluding carboxylic acids is 2. The van der Waals surface area contributed by atoms with Crippen molar-refractivity contribution in [1.29, 1.82) is 5.26 Å². The molecule has 0 heterocycles. The Labute approximate surface area is 152 Å². The standard InChI is InChI=1S/C20H20N2O4/c1-14(23)17(10-15-6-4-3-5-7-15)22-20(24)13-26-18-9-8-16(12-21)11-19(18)25-2/h3-9,11,17H,10,13H2,1-2H3,(H,22,24)/t17-/m1/s1. The first-order chi connectivity index (χ1) is 12.5. The zero-order valence-electron chi connectivity index (χ0n) is 14.7. The average molecular weight is 352 g/mol. The fourth-order valence-corrected chi connectivity index (χ4v) is 2.38. The van der Waals surface area contributed by atoms with Gasteiger partial charge in [-0.25, -0.2) is 0 Å². The molecule has 1 amide bonds. The van der Waals surface area contributed by atoms with E-state index in [0.29, 0.717) is 23.5 Å². The summed E-state index contributed by atoms with van der Waals surface area (Å²) in [7, 11) is 1.45. The topological polar surface area (TPSA) is 88.4 Å². The second kappa shape index (κ2) is 9.23. The second-order valence-corrected chi connectivity index (χ2v) is 5.69. The van der Waals surface area contributed by atoms with E-state index in [1.165, 1.54) is 20.1 Å². The lowest BCUT2D eigenvalue weighted by atomic mass is 10.0. The van der Waals surface area contributed by atoms with Crippen LogP contribution in [0.5, 0.6) is 11.5 Å². The van der Waals surface area contributed by atoms with Gasteiger partial charge in [0, 0.05) is 6.07 Å². The van der Waals surface area contributed by atoms with E-state index in [4.69, 9.17) is 14.7 Å². The Kier molecular flexibility index (Phi) is 6.75. The number of hydrogen-bond acceptors (Lipinski definition) is 5. The van der Waals surface area contributed by atoms with Crippen molar-refractivity contribution >= 4 is 11.7 Å². The molecule has 2 aromatic rings. The summed E-state index contributed by atoms with van der Waals surface area (Å²) >= 11 is 0. The van der Waals surface area contributed by atoms with Crippen LogP contribution in [0.4, 0.5) is 0 Å². The lowest BCUT2D eigenvalue weighted by molar-refractivity contribution is -0.128. The predicted molar refractivity (Wildman–Crippen MR) is 96.0 cm³/mol. The molecule has 26 heavy (non-hydrogen) atoms. The van der Waals surface area contributed by atoms with Crippen LogP contribution in [0, 0.1) is 11.3 Å². The molecule has 0 aliphatic carbocycles. The highest BCUT2D eigenvalue weighted by molar-refractivity contribution is 5.88. The Hall–Kier alpha value is -3.33. The van der Waals surface area contributed by atoms with E-state index in [-0.39, 0.29) is 12.4 Å². The maximum absolute atomic E-state index is 12.2. The van der Waals surface area contributed by atoms with Gasteiger partial charge in [0.25, 0.3) is 5.91 Å². The lowest BCUT2D eigenvalue weighted by Crippen LogP contribution is -2.43. The Morgan fingerprint density at radius 2 is 1.88 bits per heavy atom. The number of carbonyl (C=O) groups is 2. The number of ketones is 1. The lowest BCUT2D eigenvalue weighted by Gasteiger charge is -2.17. The van der Waals surface area contributed by atoms with Gasteiger partial charge in [-0.15, -0.1) is 0 Å². The minimum atomic E-state index is -0.614. The predicted octanol–water partition coefficient (Wildman–Crippen LogP) is 2.26. The molecule has 0 fully saturated rings. The quantitative estimate of drug-likeness (QED) is 0.787. The molecular formula is C20H20N2O4. The van der Waals surface area contributed by atoms with Gasteiger partial charge in [0.15, 0.2) is 23.9 Å². The van der Waals surface area contributed by atoms with Gasteiger partial charge >= 0.3 is 0 Å². The van der Waals surface area contributed by atoms with Crippen molar-refractivity contribution in [2.45, 2.75) is 19.4 Å². The SMILES string of the molecule is COc1cc(C#N)ccc1OCC(=O)N[C@H](Cc1ccccc1)C(C)=O. The summed E-state index contributed by atoms with van der Waals surface area (Å²) in [5, 5.41) is 11.6. The van der Waals surface area contributed by atoms with Gasteiger partial charge in [0.2, 0.25) is 0 Å². The Bertz CT molecular complexity index is 812. The molecule has 0 aliphatic rings.